The summed E-state index contributed by atoms with van der Waals surface area (Å²) in [7, 11) is 0. The van der Waals surface area contributed by atoms with Crippen molar-refractivity contribution in [2.75, 3.05) is 0 Å². The third-order valence-corrected chi connectivity index (χ3v) is 9.96. The maximum absolute atomic E-state index is 12.3. The minimum atomic E-state index is -1.09. The van der Waals surface area contributed by atoms with Crippen molar-refractivity contribution >= 4 is 93.3 Å². The third-order valence-electron chi connectivity index (χ3n) is 8.25. The molecule has 0 bridgehead atoms. The SMILES string of the molecule is C[C@@H](NC(=O)OC(C)(C)C)C(=O)O.C[C@H](NC(=O)OC(C)(C)C)C(=O)NC1=NC(=O)/C(=C/c2ccc(-c3ccccc3[N+](=O)[O-])o2)S1.NC1=NC(=O)/C(=C/c2ccc(-c3ccccc3[N+](=O)[O-])o2)S1. The summed E-state index contributed by atoms with van der Waals surface area (Å²) in [6.45, 7) is 13.0. The van der Waals surface area contributed by atoms with Gasteiger partial charge in [0.05, 0.1) is 30.8 Å². The van der Waals surface area contributed by atoms with Gasteiger partial charge in [-0.2, -0.15) is 9.98 Å². The van der Waals surface area contributed by atoms with Gasteiger partial charge in [0.1, 0.15) is 46.3 Å². The van der Waals surface area contributed by atoms with Crippen LogP contribution in [0.1, 0.15) is 66.9 Å². The number of nitrogens with two attached hydrogens (primary N) is 1. The summed E-state index contributed by atoms with van der Waals surface area (Å²) in [6.07, 6.45) is 1.47. The fourth-order valence-electron chi connectivity index (χ4n) is 5.29. The number of hydrogen-bond donors (Lipinski definition) is 5. The lowest BCUT2D eigenvalue weighted by molar-refractivity contribution is -0.384. The molecule has 0 unspecified atom stereocenters. The van der Waals surface area contributed by atoms with Gasteiger partial charge in [-0.05, 0) is 115 Å². The van der Waals surface area contributed by atoms with Crippen LogP contribution in [0.2, 0.25) is 0 Å². The van der Waals surface area contributed by atoms with Gasteiger partial charge in [-0.25, -0.2) is 9.59 Å². The molecule has 0 saturated carbocycles. The molecular weight excluding hydrogens is 945 g/mol. The number of thioether (sulfide) groups is 2. The van der Waals surface area contributed by atoms with Crippen molar-refractivity contribution in [3.05, 3.63) is 114 Å². The predicted octanol–water partition coefficient (Wildman–Crippen LogP) is 7.62. The van der Waals surface area contributed by atoms with Gasteiger partial charge in [0, 0.05) is 24.3 Å². The molecule has 4 aromatic rings. The molecule has 5 amide bonds. The Morgan fingerprint density at radius 3 is 1.52 bits per heavy atom. The highest BCUT2D eigenvalue weighted by Gasteiger charge is 2.28. The Labute approximate surface area is 401 Å². The average Bonchev–Trinajstić information content (AvgIpc) is 4.05. The van der Waals surface area contributed by atoms with Crippen LogP contribution in [-0.2, 0) is 28.7 Å². The van der Waals surface area contributed by atoms with Gasteiger partial charge in [-0.1, -0.05) is 24.3 Å². The number of alkyl carbamates (subject to hydrolysis) is 2. The first kappa shape index (κ1) is 53.6. The molecule has 2 atom stereocenters. The number of nitro groups is 2. The van der Waals surface area contributed by atoms with E-state index in [1.54, 1.807) is 102 Å². The first-order valence-corrected chi connectivity index (χ1v) is 21.8. The number of para-hydroxylation sites is 2. The number of nitrogens with zero attached hydrogens (tertiary/aromatic N) is 4. The summed E-state index contributed by atoms with van der Waals surface area (Å²) in [5, 5.41) is 38.0. The molecule has 0 spiro atoms. The Balaban J connectivity index is 0.000000253. The van der Waals surface area contributed by atoms with E-state index in [1.807, 2.05) is 0 Å². The van der Waals surface area contributed by atoms with Crippen LogP contribution in [0, 0.1) is 20.2 Å². The molecule has 69 heavy (non-hydrogen) atoms. The summed E-state index contributed by atoms with van der Waals surface area (Å²) in [4.78, 5) is 98.4. The molecule has 25 heteroatoms. The van der Waals surface area contributed by atoms with Crippen molar-refractivity contribution in [1.29, 1.82) is 0 Å². The van der Waals surface area contributed by atoms with E-state index in [4.69, 9.17) is 29.1 Å². The molecule has 2 aromatic heterocycles. The Morgan fingerprint density at radius 2 is 1.12 bits per heavy atom. The number of carboxylic acid groups (broad SMARTS) is 1. The standard InChI is InChI=1S/C22H22N4O7S.C14H9N3O4S.C8H15NO4/c1-12(23-21(29)33-22(2,3)4)18(27)24-20-25-19(28)17(34-20)11-13-9-10-16(32-13)14-7-5-6-8-15(14)26(30)31;15-14-16-13(18)12(22-14)7-8-5-6-11(21-8)9-3-1-2-4-10(9)17(19)20;1-5(6(10)11)9-7(12)13-8(2,3)4/h5-12H,1-4H3,(H,23,29)(H,24,25,27,28);1-7H,(H2,15,16,18);5H,1-4H3,(H,9,12)(H,10,11)/b17-11-;12-7-;/t12-;;5-/m0.1/s1. The number of carboxylic acids is 1. The molecule has 6 N–H and O–H groups in total. The van der Waals surface area contributed by atoms with Gasteiger partial charge < -0.3 is 45.1 Å². The van der Waals surface area contributed by atoms with E-state index in [-0.39, 0.29) is 38.1 Å². The maximum Gasteiger partial charge on any atom is 0.408 e. The lowest BCUT2D eigenvalue weighted by Gasteiger charge is -2.21. The Kier molecular flexibility index (Phi) is 17.9. The summed E-state index contributed by atoms with van der Waals surface area (Å²) < 4.78 is 21.2. The number of nitrogens with one attached hydrogen (secondary N) is 3. The molecular formula is C44H46N8O15S2. The Morgan fingerprint density at radius 1 is 0.696 bits per heavy atom. The number of carbonyl (C=O) groups is 6. The number of carbonyl (C=O) groups excluding carboxylic acids is 5. The van der Waals surface area contributed by atoms with Crippen molar-refractivity contribution in [3.8, 4) is 22.6 Å². The summed E-state index contributed by atoms with van der Waals surface area (Å²) in [5.41, 5.74) is 4.67. The van der Waals surface area contributed by atoms with E-state index in [9.17, 15) is 49.0 Å². The van der Waals surface area contributed by atoms with Crippen molar-refractivity contribution < 1.29 is 62.0 Å². The minimum absolute atomic E-state index is 0.0459. The number of aliphatic imine (C=N–C) groups is 2. The summed E-state index contributed by atoms with van der Waals surface area (Å²) in [6, 6.07) is 16.9. The van der Waals surface area contributed by atoms with E-state index >= 15 is 0 Å². The number of aliphatic carboxylic acids is 1. The molecule has 0 aliphatic carbocycles. The fraction of sp³-hybridized carbons (Fsp3) is 0.273. The monoisotopic (exact) mass is 990 g/mol. The lowest BCUT2D eigenvalue weighted by Crippen LogP contribution is -2.47. The van der Waals surface area contributed by atoms with Crippen LogP contribution in [0.3, 0.4) is 0 Å². The van der Waals surface area contributed by atoms with Crippen LogP contribution in [0.15, 0.2) is 101 Å². The number of benzene rings is 2. The zero-order valence-corrected chi connectivity index (χ0v) is 39.7. The molecule has 6 rings (SSSR count). The second-order valence-corrected chi connectivity index (χ2v) is 18.3. The van der Waals surface area contributed by atoms with Crippen molar-refractivity contribution in [1.82, 2.24) is 16.0 Å². The fourth-order valence-corrected chi connectivity index (χ4v) is 6.75. The molecule has 2 aliphatic heterocycles. The molecule has 4 heterocycles. The van der Waals surface area contributed by atoms with Crippen LogP contribution < -0.4 is 21.7 Å². The second kappa shape index (κ2) is 23.1. The maximum atomic E-state index is 12.3. The normalized spacial score (nSPS) is 15.3. The highest BCUT2D eigenvalue weighted by Crippen LogP contribution is 2.35. The van der Waals surface area contributed by atoms with Crippen LogP contribution in [0.25, 0.3) is 34.8 Å². The Hall–Kier alpha value is -8.06. The topological polar surface area (TPSA) is 340 Å². The van der Waals surface area contributed by atoms with Crippen LogP contribution in [0.5, 0.6) is 0 Å². The number of hydrogen-bond acceptors (Lipinski definition) is 17. The molecule has 2 aromatic carbocycles. The van der Waals surface area contributed by atoms with Crippen molar-refractivity contribution in [2.45, 2.75) is 78.7 Å². The summed E-state index contributed by atoms with van der Waals surface area (Å²) >= 11 is 1.97. The quantitative estimate of drug-likeness (QED) is 0.0579. The van der Waals surface area contributed by atoms with E-state index in [0.717, 1.165) is 23.5 Å². The molecule has 2 aliphatic rings. The smallest absolute Gasteiger partial charge is 0.408 e. The van der Waals surface area contributed by atoms with Crippen LogP contribution in [-0.4, -0.2) is 84.5 Å². The zero-order chi connectivity index (χ0) is 51.4. The largest absolute Gasteiger partial charge is 0.480 e. The number of nitro benzene ring substituents is 2. The number of ether oxygens (including phenoxy) is 2. The third kappa shape index (κ3) is 16.6. The number of amides is 5. The van der Waals surface area contributed by atoms with Gasteiger partial charge in [0.25, 0.3) is 23.2 Å². The van der Waals surface area contributed by atoms with E-state index < -0.39 is 69.0 Å². The van der Waals surface area contributed by atoms with Crippen LogP contribution >= 0.6 is 23.5 Å². The highest BCUT2D eigenvalue weighted by molar-refractivity contribution is 8.18. The molecule has 0 radical (unpaired) electrons. The zero-order valence-electron chi connectivity index (χ0n) is 38.1. The highest BCUT2D eigenvalue weighted by atomic mass is 32.2. The second-order valence-electron chi connectivity index (χ2n) is 16.2. The van der Waals surface area contributed by atoms with Crippen LogP contribution in [0.4, 0.5) is 21.0 Å². The molecule has 0 saturated heterocycles. The number of amidine groups is 2. The minimum Gasteiger partial charge on any atom is -0.480 e. The molecule has 0 fully saturated rings. The van der Waals surface area contributed by atoms with E-state index in [1.165, 1.54) is 38.1 Å². The predicted molar refractivity (Wildman–Crippen MR) is 255 cm³/mol. The first-order valence-electron chi connectivity index (χ1n) is 20.2. The van der Waals surface area contributed by atoms with Gasteiger partial charge in [0.15, 0.2) is 10.3 Å². The van der Waals surface area contributed by atoms with Gasteiger partial charge in [-0.15, -0.1) is 0 Å². The van der Waals surface area contributed by atoms with Gasteiger partial charge in [0.2, 0.25) is 5.91 Å². The molecule has 364 valence electrons. The number of rotatable bonds is 10. The van der Waals surface area contributed by atoms with Gasteiger partial charge in [-0.3, -0.25) is 39.4 Å². The first-order chi connectivity index (χ1) is 32.2. The summed E-state index contributed by atoms with van der Waals surface area (Å²) in [5.74, 6) is -1.38. The number of furan rings is 2. The average molecular weight is 991 g/mol. The lowest BCUT2D eigenvalue weighted by atomic mass is 10.1. The van der Waals surface area contributed by atoms with Gasteiger partial charge >= 0.3 is 18.2 Å². The molecule has 23 nitrogen and oxygen atoms in total. The van der Waals surface area contributed by atoms with Crippen molar-refractivity contribution in [2.24, 2.45) is 15.7 Å². The van der Waals surface area contributed by atoms with Crippen molar-refractivity contribution in [3.63, 3.8) is 0 Å². The van der Waals surface area contributed by atoms with E-state index in [2.05, 4.69) is 25.9 Å². The van der Waals surface area contributed by atoms with E-state index in [0.29, 0.717) is 27.6 Å². The Bertz CT molecular complexity index is 2780.